The number of nitrogens with one attached hydrogen (secondary N) is 1. The number of hydrogen-bond donors (Lipinski definition) is 1. The molecule has 1 aliphatic heterocycles. The Morgan fingerprint density at radius 2 is 2.29 bits per heavy atom. The Morgan fingerprint density at radius 1 is 1.57 bits per heavy atom. The number of hydrogen-bond acceptors (Lipinski definition) is 5. The lowest BCUT2D eigenvalue weighted by Crippen LogP contribution is -2.40. The average Bonchev–Trinajstić information content (AvgIpc) is 2.78. The van der Waals surface area contributed by atoms with E-state index >= 15 is 0 Å². The molecule has 21 heavy (non-hydrogen) atoms. The first-order valence-electron chi connectivity index (χ1n) is 6.67. The van der Waals surface area contributed by atoms with Gasteiger partial charge in [-0.1, -0.05) is 0 Å². The third-order valence-corrected chi connectivity index (χ3v) is 3.09. The second-order valence-corrected chi connectivity index (χ2v) is 6.23. The summed E-state index contributed by atoms with van der Waals surface area (Å²) in [6.45, 7) is 6.41. The van der Waals surface area contributed by atoms with Crippen LogP contribution < -0.4 is 10.2 Å². The van der Waals surface area contributed by atoms with E-state index in [0.717, 1.165) is 6.20 Å². The van der Waals surface area contributed by atoms with Gasteiger partial charge in [-0.15, -0.1) is 0 Å². The van der Waals surface area contributed by atoms with E-state index in [1.165, 1.54) is 0 Å². The van der Waals surface area contributed by atoms with Gasteiger partial charge in [0, 0.05) is 13.1 Å². The largest absolute Gasteiger partial charge is 0.444 e. The molecule has 8 heteroatoms. The van der Waals surface area contributed by atoms with Crippen LogP contribution >= 0.6 is 11.6 Å². The number of ether oxygens (including phenoxy) is 1. The Labute approximate surface area is 127 Å². The molecule has 1 aromatic heterocycles. The number of anilines is 1. The normalized spacial score (nSPS) is 18.7. The van der Waals surface area contributed by atoms with E-state index in [9.17, 15) is 9.18 Å². The summed E-state index contributed by atoms with van der Waals surface area (Å²) < 4.78 is 18.9. The summed E-state index contributed by atoms with van der Waals surface area (Å²) >= 11 is 5.68. The zero-order chi connectivity index (χ0) is 15.6. The topological polar surface area (TPSA) is 67.3 Å². The molecule has 2 heterocycles. The highest BCUT2D eigenvalue weighted by Crippen LogP contribution is 2.22. The Bertz CT molecular complexity index is 535. The summed E-state index contributed by atoms with van der Waals surface area (Å²) in [4.78, 5) is 20.9. The molecule has 0 spiro atoms. The number of carbonyl (C=O) groups excluding carboxylic acids is 1. The molecule has 1 saturated heterocycles. The van der Waals surface area contributed by atoms with Crippen molar-refractivity contribution in [3.05, 3.63) is 17.3 Å². The van der Waals surface area contributed by atoms with Gasteiger partial charge in [0.15, 0.2) is 11.6 Å². The molecule has 0 radical (unpaired) electrons. The van der Waals surface area contributed by atoms with Gasteiger partial charge in [0.25, 0.3) is 0 Å². The van der Waals surface area contributed by atoms with Crippen molar-refractivity contribution in [1.82, 2.24) is 15.3 Å². The van der Waals surface area contributed by atoms with E-state index in [1.807, 2.05) is 0 Å². The molecular formula is C13H18ClFN4O2. The van der Waals surface area contributed by atoms with Crippen LogP contribution in [0.5, 0.6) is 0 Å². The number of amides is 1. The maximum absolute atomic E-state index is 13.7. The van der Waals surface area contributed by atoms with E-state index in [4.69, 9.17) is 16.3 Å². The summed E-state index contributed by atoms with van der Waals surface area (Å²) in [7, 11) is 0. The maximum atomic E-state index is 13.7. The molecule has 6 nitrogen and oxygen atoms in total. The van der Waals surface area contributed by atoms with Crippen LogP contribution in [-0.4, -0.2) is 40.8 Å². The summed E-state index contributed by atoms with van der Waals surface area (Å²) in [6, 6.07) is -0.118. The lowest BCUT2D eigenvalue weighted by Gasteiger charge is -2.22. The molecule has 116 valence electrons. The second-order valence-electron chi connectivity index (χ2n) is 5.89. The predicted octanol–water partition coefficient (Wildman–Crippen LogP) is 2.37. The lowest BCUT2D eigenvalue weighted by atomic mass is 10.2. The van der Waals surface area contributed by atoms with Gasteiger partial charge >= 0.3 is 6.09 Å². The fourth-order valence-electron chi connectivity index (χ4n) is 2.10. The summed E-state index contributed by atoms with van der Waals surface area (Å²) in [5.74, 6) is -0.374. The van der Waals surface area contributed by atoms with Crippen LogP contribution in [0.4, 0.5) is 15.0 Å². The molecule has 1 unspecified atom stereocenters. The van der Waals surface area contributed by atoms with Crippen molar-refractivity contribution in [2.24, 2.45) is 0 Å². The van der Waals surface area contributed by atoms with Crippen molar-refractivity contribution >= 4 is 23.5 Å². The quantitative estimate of drug-likeness (QED) is 0.848. The third kappa shape index (κ3) is 4.42. The molecule has 1 N–H and O–H groups in total. The molecule has 1 fully saturated rings. The van der Waals surface area contributed by atoms with Crippen molar-refractivity contribution in [3.8, 4) is 0 Å². The fraction of sp³-hybridized carbons (Fsp3) is 0.615. The van der Waals surface area contributed by atoms with Gasteiger partial charge in [-0.2, -0.15) is 4.98 Å². The van der Waals surface area contributed by atoms with Crippen molar-refractivity contribution in [3.63, 3.8) is 0 Å². The standard InChI is InChI=1S/C13H18ClFN4O2/c1-13(2,3)21-12(20)17-8-4-5-19(7-8)10-9(15)6-16-11(14)18-10/h6,8H,4-5,7H2,1-3H3,(H,17,20). The number of nitrogens with zero attached hydrogens (tertiary/aromatic N) is 3. The Balaban J connectivity index is 1.95. The minimum Gasteiger partial charge on any atom is -0.444 e. The molecule has 1 aliphatic rings. The van der Waals surface area contributed by atoms with Crippen LogP contribution in [0.1, 0.15) is 27.2 Å². The van der Waals surface area contributed by atoms with E-state index in [2.05, 4.69) is 15.3 Å². The Kier molecular flexibility index (Phi) is 4.51. The van der Waals surface area contributed by atoms with Crippen LogP contribution in [0.2, 0.25) is 5.28 Å². The highest BCUT2D eigenvalue weighted by atomic mass is 35.5. The van der Waals surface area contributed by atoms with E-state index in [0.29, 0.717) is 19.5 Å². The van der Waals surface area contributed by atoms with E-state index in [1.54, 1.807) is 25.7 Å². The van der Waals surface area contributed by atoms with Crippen molar-refractivity contribution in [1.29, 1.82) is 0 Å². The van der Waals surface area contributed by atoms with Crippen LogP contribution in [0.15, 0.2) is 6.20 Å². The van der Waals surface area contributed by atoms with Gasteiger partial charge in [0.2, 0.25) is 5.28 Å². The van der Waals surface area contributed by atoms with Gasteiger partial charge in [-0.05, 0) is 38.8 Å². The molecule has 1 amide bonds. The molecule has 0 saturated carbocycles. The van der Waals surface area contributed by atoms with Gasteiger partial charge in [0.05, 0.1) is 12.2 Å². The minimum absolute atomic E-state index is 0.00467. The highest BCUT2D eigenvalue weighted by molar-refractivity contribution is 6.28. The first-order chi connectivity index (χ1) is 9.74. The first kappa shape index (κ1) is 15.8. The van der Waals surface area contributed by atoms with Crippen molar-refractivity contribution < 1.29 is 13.9 Å². The van der Waals surface area contributed by atoms with Crippen LogP contribution in [0.3, 0.4) is 0 Å². The maximum Gasteiger partial charge on any atom is 0.407 e. The molecule has 1 aromatic rings. The molecule has 2 rings (SSSR count). The molecule has 0 aromatic carbocycles. The summed E-state index contributed by atoms with van der Waals surface area (Å²) in [6.07, 6.45) is 1.25. The summed E-state index contributed by atoms with van der Waals surface area (Å²) in [5.41, 5.74) is -0.547. The smallest absolute Gasteiger partial charge is 0.407 e. The van der Waals surface area contributed by atoms with Gasteiger partial charge in [-0.25, -0.2) is 14.2 Å². The van der Waals surface area contributed by atoms with Crippen LogP contribution in [0.25, 0.3) is 0 Å². The van der Waals surface area contributed by atoms with Crippen molar-refractivity contribution in [2.75, 3.05) is 18.0 Å². The zero-order valence-corrected chi connectivity index (χ0v) is 12.9. The number of alkyl carbamates (subject to hydrolysis) is 1. The number of aromatic nitrogens is 2. The molecule has 0 bridgehead atoms. The Morgan fingerprint density at radius 3 is 2.95 bits per heavy atom. The first-order valence-corrected chi connectivity index (χ1v) is 7.05. The van der Waals surface area contributed by atoms with E-state index < -0.39 is 17.5 Å². The fourth-order valence-corrected chi connectivity index (χ4v) is 2.23. The van der Waals surface area contributed by atoms with E-state index in [-0.39, 0.29) is 17.1 Å². The third-order valence-electron chi connectivity index (χ3n) is 2.90. The van der Waals surface area contributed by atoms with Gasteiger partial charge < -0.3 is 15.0 Å². The second kappa shape index (κ2) is 6.01. The van der Waals surface area contributed by atoms with Crippen molar-refractivity contribution in [2.45, 2.75) is 38.8 Å². The number of carbonyl (C=O) groups is 1. The van der Waals surface area contributed by atoms with Crippen LogP contribution in [-0.2, 0) is 4.74 Å². The average molecular weight is 317 g/mol. The van der Waals surface area contributed by atoms with Gasteiger partial charge in [-0.3, -0.25) is 0 Å². The SMILES string of the molecule is CC(C)(C)OC(=O)NC1CCN(c2nc(Cl)ncc2F)C1. The zero-order valence-electron chi connectivity index (χ0n) is 12.2. The Hall–Kier alpha value is -1.63. The number of rotatable bonds is 2. The monoisotopic (exact) mass is 316 g/mol. The predicted molar refractivity (Wildman–Crippen MR) is 77.0 cm³/mol. The molecule has 1 atom stereocenters. The molecule has 0 aliphatic carbocycles. The van der Waals surface area contributed by atoms with Crippen LogP contribution in [0, 0.1) is 5.82 Å². The van der Waals surface area contributed by atoms with Gasteiger partial charge in [0.1, 0.15) is 5.60 Å². The lowest BCUT2D eigenvalue weighted by molar-refractivity contribution is 0.0509. The number of halogens is 2. The highest BCUT2D eigenvalue weighted by Gasteiger charge is 2.28. The summed E-state index contributed by atoms with van der Waals surface area (Å²) in [5, 5.41) is 2.76. The molecular weight excluding hydrogens is 299 g/mol. The minimum atomic E-state index is -0.547.